The van der Waals surface area contributed by atoms with Gasteiger partial charge in [-0.15, -0.1) is 0 Å². The van der Waals surface area contributed by atoms with Gasteiger partial charge in [-0.1, -0.05) is 57.2 Å². The number of aliphatic hydroxyl groups is 1. The van der Waals surface area contributed by atoms with Crippen LogP contribution in [-0.2, 0) is 5.75 Å². The molecule has 1 aromatic carbocycles. The lowest BCUT2D eigenvalue weighted by molar-refractivity contribution is 0.281. The number of ether oxygens (including phenoxy) is 1. The fourth-order valence-corrected chi connectivity index (χ4v) is 4.30. The summed E-state index contributed by atoms with van der Waals surface area (Å²) in [6.07, 6.45) is 0. The molecule has 0 saturated carbocycles. The quantitative estimate of drug-likeness (QED) is 0.425. The monoisotopic (exact) mass is 440 g/mol. The van der Waals surface area contributed by atoms with Gasteiger partial charge in [0.05, 0.1) is 13.7 Å². The first-order chi connectivity index (χ1) is 12.1. The van der Waals surface area contributed by atoms with Crippen LogP contribution in [0.15, 0.2) is 33.9 Å². The van der Waals surface area contributed by atoms with E-state index in [1.165, 1.54) is 28.7 Å². The zero-order valence-corrected chi connectivity index (χ0v) is 16.9. The number of aliphatic hydroxyl groups excluding tert-OH is 1. The minimum Gasteiger partial charge on any atom is -0.473 e. The van der Waals surface area contributed by atoms with Crippen molar-refractivity contribution in [2.45, 2.75) is 23.9 Å². The molecule has 0 aliphatic rings. The number of thioether (sulfide) groups is 1. The molecule has 2 N–H and O–H groups in total. The summed E-state index contributed by atoms with van der Waals surface area (Å²) >= 11 is 6.48. The minimum atomic E-state index is -0.118. The van der Waals surface area contributed by atoms with Crippen molar-refractivity contribution in [3.8, 4) is 5.19 Å². The fourth-order valence-electron chi connectivity index (χ4n) is 2.07. The van der Waals surface area contributed by atoms with Crippen LogP contribution in [-0.4, -0.2) is 39.8 Å². The molecule has 9 heteroatoms. The number of hydrogen-bond acceptors (Lipinski definition) is 8. The van der Waals surface area contributed by atoms with Crippen molar-refractivity contribution in [1.82, 2.24) is 15.0 Å². The van der Waals surface area contributed by atoms with E-state index in [0.29, 0.717) is 21.8 Å². The zero-order chi connectivity index (χ0) is 17.8. The lowest BCUT2D eigenvalue weighted by Crippen LogP contribution is -2.20. The average Bonchev–Trinajstić information content (AvgIpc) is 3.04. The van der Waals surface area contributed by atoms with Gasteiger partial charge in [0.15, 0.2) is 16.6 Å². The van der Waals surface area contributed by atoms with E-state index in [1.54, 1.807) is 7.11 Å². The number of anilines is 1. The molecule has 6 nitrogen and oxygen atoms in total. The summed E-state index contributed by atoms with van der Waals surface area (Å²) in [5, 5.41) is 13.7. The summed E-state index contributed by atoms with van der Waals surface area (Å²) in [4.78, 5) is 13.5. The van der Waals surface area contributed by atoms with Crippen LogP contribution < -0.4 is 10.1 Å². The molecule has 3 aromatic rings. The Morgan fingerprint density at radius 1 is 1.32 bits per heavy atom. The molecule has 2 heterocycles. The predicted molar refractivity (Wildman–Crippen MR) is 106 cm³/mol. The van der Waals surface area contributed by atoms with E-state index < -0.39 is 0 Å². The second kappa shape index (κ2) is 8.31. The van der Waals surface area contributed by atoms with Gasteiger partial charge < -0.3 is 15.2 Å². The Bertz CT molecular complexity index is 874. The Balaban J connectivity index is 1.90. The van der Waals surface area contributed by atoms with E-state index in [2.05, 4.69) is 42.3 Å². The van der Waals surface area contributed by atoms with Gasteiger partial charge in [-0.25, -0.2) is 9.97 Å². The summed E-state index contributed by atoms with van der Waals surface area (Å²) < 4.78 is 7.10. The predicted octanol–water partition coefficient (Wildman–Crippen LogP) is 3.94. The number of benzene rings is 1. The van der Waals surface area contributed by atoms with Crippen molar-refractivity contribution in [3.63, 3.8) is 0 Å². The molecule has 25 heavy (non-hydrogen) atoms. The number of methoxy groups -OCH3 is 1. The molecule has 0 unspecified atom stereocenters. The molecule has 1 atom stereocenters. The van der Waals surface area contributed by atoms with Crippen molar-refractivity contribution in [2.75, 3.05) is 19.0 Å². The maximum Gasteiger partial charge on any atom is 0.275 e. The molecular formula is C16H17BrN4O2S2. The van der Waals surface area contributed by atoms with Gasteiger partial charge in [0.2, 0.25) is 0 Å². The van der Waals surface area contributed by atoms with Crippen LogP contribution in [0.5, 0.6) is 5.19 Å². The van der Waals surface area contributed by atoms with Crippen molar-refractivity contribution >= 4 is 55.2 Å². The maximum absolute atomic E-state index is 9.32. The highest BCUT2D eigenvalue weighted by molar-refractivity contribution is 9.10. The van der Waals surface area contributed by atoms with Gasteiger partial charge in [0.1, 0.15) is 4.70 Å². The Hall–Kier alpha value is -1.42. The molecule has 2 aromatic heterocycles. The highest BCUT2D eigenvalue weighted by Crippen LogP contribution is 2.34. The molecule has 0 spiro atoms. The highest BCUT2D eigenvalue weighted by atomic mass is 79.9. The Morgan fingerprint density at radius 3 is 2.84 bits per heavy atom. The molecule has 0 radical (unpaired) electrons. The van der Waals surface area contributed by atoms with Crippen molar-refractivity contribution in [3.05, 3.63) is 34.3 Å². The summed E-state index contributed by atoms with van der Waals surface area (Å²) in [6, 6.07) is 7.95. The summed E-state index contributed by atoms with van der Waals surface area (Å²) in [7, 11) is 1.58. The standard InChI is InChI=1S/C16H17BrN4O2S2/c1-9(7-22)18-13-12-14(21-16(23-2)25-12)20-15(19-13)24-8-10-5-3-4-6-11(10)17/h3-6,9,22H,7-8H2,1-2H3,(H,18,19,20)/t9-/m1/s1. The van der Waals surface area contributed by atoms with Gasteiger partial charge in [-0.2, -0.15) is 4.98 Å². The van der Waals surface area contributed by atoms with Gasteiger partial charge >= 0.3 is 0 Å². The van der Waals surface area contributed by atoms with Crippen LogP contribution in [0.1, 0.15) is 12.5 Å². The topological polar surface area (TPSA) is 80.2 Å². The van der Waals surface area contributed by atoms with Gasteiger partial charge in [-0.3, -0.25) is 0 Å². The molecule has 132 valence electrons. The number of rotatable bonds is 7. The van der Waals surface area contributed by atoms with Crippen LogP contribution in [0.4, 0.5) is 5.82 Å². The lowest BCUT2D eigenvalue weighted by atomic mass is 10.2. The molecule has 0 fully saturated rings. The smallest absolute Gasteiger partial charge is 0.275 e. The van der Waals surface area contributed by atoms with Crippen LogP contribution in [0.2, 0.25) is 0 Å². The molecule has 0 amide bonds. The molecule has 0 aliphatic carbocycles. The fraction of sp³-hybridized carbons (Fsp3) is 0.312. The van der Waals surface area contributed by atoms with Crippen molar-refractivity contribution < 1.29 is 9.84 Å². The van der Waals surface area contributed by atoms with Crippen LogP contribution in [0.25, 0.3) is 10.3 Å². The Labute approximate surface area is 162 Å². The lowest BCUT2D eigenvalue weighted by Gasteiger charge is -2.12. The summed E-state index contributed by atoms with van der Waals surface area (Å²) in [5.41, 5.74) is 1.77. The second-order valence-corrected chi connectivity index (χ2v) is 8.06. The number of hydrogen-bond donors (Lipinski definition) is 2. The Kier molecular flexibility index (Phi) is 6.10. The molecule has 3 rings (SSSR count). The Morgan fingerprint density at radius 2 is 2.12 bits per heavy atom. The van der Waals surface area contributed by atoms with Crippen LogP contribution in [0.3, 0.4) is 0 Å². The average molecular weight is 441 g/mol. The van der Waals surface area contributed by atoms with Crippen molar-refractivity contribution in [1.29, 1.82) is 0 Å². The van der Waals surface area contributed by atoms with E-state index >= 15 is 0 Å². The van der Waals surface area contributed by atoms with E-state index in [9.17, 15) is 5.11 Å². The number of thiazole rings is 1. The van der Waals surface area contributed by atoms with Crippen LogP contribution in [0, 0.1) is 0 Å². The summed E-state index contributed by atoms with van der Waals surface area (Å²) in [6.45, 7) is 1.90. The van der Waals surface area contributed by atoms with E-state index in [1.807, 2.05) is 25.1 Å². The van der Waals surface area contributed by atoms with Gasteiger partial charge in [-0.05, 0) is 18.6 Å². The number of nitrogens with one attached hydrogen (secondary N) is 1. The third kappa shape index (κ3) is 4.41. The molecule has 0 saturated heterocycles. The largest absolute Gasteiger partial charge is 0.473 e. The molecule has 0 aliphatic heterocycles. The van der Waals surface area contributed by atoms with E-state index in [4.69, 9.17) is 4.74 Å². The first-order valence-electron chi connectivity index (χ1n) is 7.57. The minimum absolute atomic E-state index is 0.0148. The van der Waals surface area contributed by atoms with Crippen LogP contribution >= 0.6 is 39.0 Å². The maximum atomic E-state index is 9.32. The molecule has 0 bridgehead atoms. The third-order valence-corrected chi connectivity index (χ3v) is 6.04. The first kappa shape index (κ1) is 18.4. The third-order valence-electron chi connectivity index (χ3n) is 3.36. The number of nitrogens with zero attached hydrogens (tertiary/aromatic N) is 3. The second-order valence-electron chi connectivity index (χ2n) is 5.30. The summed E-state index contributed by atoms with van der Waals surface area (Å²) in [5.74, 6) is 1.41. The van der Waals surface area contributed by atoms with Crippen molar-refractivity contribution in [2.24, 2.45) is 0 Å². The van der Waals surface area contributed by atoms with E-state index in [-0.39, 0.29) is 12.6 Å². The van der Waals surface area contributed by atoms with Gasteiger partial charge in [0, 0.05) is 16.3 Å². The normalized spacial score (nSPS) is 12.3. The van der Waals surface area contributed by atoms with E-state index in [0.717, 1.165) is 14.9 Å². The number of fused-ring (bicyclic) bond motifs is 1. The van der Waals surface area contributed by atoms with Gasteiger partial charge in [0.25, 0.3) is 5.19 Å². The SMILES string of the molecule is COc1nc2nc(SCc3ccccc3Br)nc(N[C@H](C)CO)c2s1. The number of aromatic nitrogens is 3. The molecular weight excluding hydrogens is 424 g/mol. The highest BCUT2D eigenvalue weighted by Gasteiger charge is 2.16. The zero-order valence-electron chi connectivity index (χ0n) is 13.7. The number of halogens is 1. The first-order valence-corrected chi connectivity index (χ1v) is 10.2.